The molecule has 144 valence electrons. The first-order chi connectivity index (χ1) is 13.9. The molecular weight excluding hydrogens is 370 g/mol. The van der Waals surface area contributed by atoms with Gasteiger partial charge in [-0.1, -0.05) is 0 Å². The molecule has 8 nitrogen and oxygen atoms in total. The van der Waals surface area contributed by atoms with Gasteiger partial charge >= 0.3 is 0 Å². The van der Waals surface area contributed by atoms with E-state index in [0.717, 1.165) is 5.69 Å². The molecule has 0 saturated heterocycles. The van der Waals surface area contributed by atoms with Crippen molar-refractivity contribution in [3.05, 3.63) is 65.3 Å². The van der Waals surface area contributed by atoms with Crippen molar-refractivity contribution < 1.29 is 18.9 Å². The predicted molar refractivity (Wildman–Crippen MR) is 108 cm³/mol. The largest absolute Gasteiger partial charge is 0.762 e. The average Bonchev–Trinajstić information content (AvgIpc) is 2.73. The first-order valence-corrected chi connectivity index (χ1v) is 8.62. The SMILES string of the molecule is CN(C)c1cc[n+](/C(=C\C(=C=[N-])C#N)C(=O)c2ccc3c(c2)NC(=O)CO3)cc1. The molecule has 2 aromatic rings. The molecular formula is C21H17N5O3. The number of aromatic nitrogens is 1. The Morgan fingerprint density at radius 1 is 1.31 bits per heavy atom. The van der Waals surface area contributed by atoms with Crippen LogP contribution >= 0.6 is 0 Å². The number of nitrogens with one attached hydrogen (secondary N) is 1. The lowest BCUT2D eigenvalue weighted by atomic mass is 10.0. The molecule has 1 aliphatic rings. The standard InChI is InChI=1S/C21H17N5O3/c1-25(2)16-5-7-26(8-6-16)18(9-14(11-22)12-23)21(28)15-3-4-19-17(10-15)24-20(27)13-29-19/h3-10H,13H2,1-2H3,(H,24,27)/b18-9-. The van der Waals surface area contributed by atoms with Crippen molar-refractivity contribution in [2.45, 2.75) is 0 Å². The lowest BCUT2D eigenvalue weighted by Gasteiger charge is -2.18. The van der Waals surface area contributed by atoms with Crippen LogP contribution in [0, 0.1) is 11.3 Å². The molecule has 1 aromatic carbocycles. The molecule has 29 heavy (non-hydrogen) atoms. The fourth-order valence-electron chi connectivity index (χ4n) is 2.73. The summed E-state index contributed by atoms with van der Waals surface area (Å²) in [6.07, 6.45) is 4.59. The van der Waals surface area contributed by atoms with E-state index in [4.69, 9.17) is 15.4 Å². The van der Waals surface area contributed by atoms with Crippen molar-refractivity contribution in [2.24, 2.45) is 0 Å². The fourth-order valence-corrected chi connectivity index (χ4v) is 2.73. The number of ether oxygens (including phenoxy) is 1. The molecule has 1 N–H and O–H groups in total. The second-order valence-corrected chi connectivity index (χ2v) is 6.40. The second kappa shape index (κ2) is 8.21. The maximum Gasteiger partial charge on any atom is 0.262 e. The molecule has 1 aromatic heterocycles. The Labute approximate surface area is 167 Å². The number of allylic oxidation sites excluding steroid dienone is 3. The van der Waals surface area contributed by atoms with Crippen LogP contribution in [0.5, 0.6) is 5.75 Å². The highest BCUT2D eigenvalue weighted by Gasteiger charge is 2.25. The Hall–Kier alpha value is -4.21. The summed E-state index contributed by atoms with van der Waals surface area (Å²) in [5, 5.41) is 20.9. The van der Waals surface area contributed by atoms with Crippen molar-refractivity contribution in [2.75, 3.05) is 30.9 Å². The van der Waals surface area contributed by atoms with Crippen molar-refractivity contribution >= 4 is 34.6 Å². The molecule has 8 heteroatoms. The van der Waals surface area contributed by atoms with Crippen LogP contribution in [0.1, 0.15) is 10.4 Å². The number of ketones is 1. The van der Waals surface area contributed by atoms with Crippen LogP contribution in [-0.4, -0.2) is 38.3 Å². The van der Waals surface area contributed by atoms with Crippen molar-refractivity contribution in [3.63, 3.8) is 0 Å². The Bertz CT molecular complexity index is 1100. The average molecular weight is 387 g/mol. The zero-order chi connectivity index (χ0) is 21.0. The van der Waals surface area contributed by atoms with E-state index in [9.17, 15) is 9.59 Å². The van der Waals surface area contributed by atoms with Gasteiger partial charge < -0.3 is 20.4 Å². The number of rotatable bonds is 5. The molecule has 3 rings (SSSR count). The van der Waals surface area contributed by atoms with Gasteiger partial charge in [0, 0.05) is 43.6 Å². The van der Waals surface area contributed by atoms with Crippen LogP contribution in [0.25, 0.3) is 11.1 Å². The van der Waals surface area contributed by atoms with Crippen LogP contribution in [0.15, 0.2) is 54.4 Å². The Morgan fingerprint density at radius 3 is 2.66 bits per heavy atom. The van der Waals surface area contributed by atoms with Gasteiger partial charge in [0.05, 0.1) is 11.3 Å². The third kappa shape index (κ3) is 4.21. The summed E-state index contributed by atoms with van der Waals surface area (Å²) in [6.45, 7) is -0.0812. The molecule has 0 spiro atoms. The van der Waals surface area contributed by atoms with E-state index >= 15 is 0 Å². The maximum absolute atomic E-state index is 13.2. The van der Waals surface area contributed by atoms with Crippen molar-refractivity contribution in [1.29, 1.82) is 5.26 Å². The van der Waals surface area contributed by atoms with Gasteiger partial charge in [0.2, 0.25) is 0 Å². The van der Waals surface area contributed by atoms with Gasteiger partial charge in [0.1, 0.15) is 11.8 Å². The number of carbonyl (C=O) groups is 2. The molecule has 0 bridgehead atoms. The van der Waals surface area contributed by atoms with Gasteiger partial charge in [0.25, 0.3) is 17.4 Å². The summed E-state index contributed by atoms with van der Waals surface area (Å²) in [5.41, 5.74) is 1.51. The zero-order valence-corrected chi connectivity index (χ0v) is 15.8. The summed E-state index contributed by atoms with van der Waals surface area (Å²) in [7, 11) is 3.78. The minimum absolute atomic E-state index is 0.0812. The Morgan fingerprint density at radius 2 is 2.03 bits per heavy atom. The van der Waals surface area contributed by atoms with Crippen LogP contribution in [0.2, 0.25) is 0 Å². The normalized spacial score (nSPS) is 12.6. The number of carbonyl (C=O) groups excluding carboxylic acids is 2. The Kier molecular flexibility index (Phi) is 5.54. The summed E-state index contributed by atoms with van der Waals surface area (Å²) in [4.78, 5) is 26.7. The van der Waals surface area contributed by atoms with Crippen molar-refractivity contribution in [1.82, 2.24) is 0 Å². The smallest absolute Gasteiger partial charge is 0.262 e. The molecule has 0 fully saturated rings. The highest BCUT2D eigenvalue weighted by Crippen LogP contribution is 2.29. The first kappa shape index (κ1) is 19.5. The summed E-state index contributed by atoms with van der Waals surface area (Å²) < 4.78 is 6.85. The molecule has 2 heterocycles. The number of pyridine rings is 1. The minimum Gasteiger partial charge on any atom is -0.762 e. The van der Waals surface area contributed by atoms with E-state index in [-0.39, 0.29) is 29.3 Å². The summed E-state index contributed by atoms with van der Waals surface area (Å²) in [5.74, 6) is 1.51. The van der Waals surface area contributed by atoms with Crippen LogP contribution in [0.3, 0.4) is 0 Å². The maximum atomic E-state index is 13.2. The van der Waals surface area contributed by atoms with E-state index in [1.807, 2.05) is 19.0 Å². The topological polar surface area (TPSA) is 109 Å². The molecule has 0 unspecified atom stereocenters. The summed E-state index contributed by atoms with van der Waals surface area (Å²) in [6, 6.07) is 10.1. The minimum atomic E-state index is -0.418. The number of nitriles is 1. The van der Waals surface area contributed by atoms with E-state index < -0.39 is 5.78 Å². The third-order valence-electron chi connectivity index (χ3n) is 4.24. The highest BCUT2D eigenvalue weighted by atomic mass is 16.5. The van der Waals surface area contributed by atoms with E-state index in [1.165, 1.54) is 12.1 Å². The van der Waals surface area contributed by atoms with Crippen molar-refractivity contribution in [3.8, 4) is 11.8 Å². The van der Waals surface area contributed by atoms with Crippen LogP contribution in [0.4, 0.5) is 11.4 Å². The van der Waals surface area contributed by atoms with Gasteiger partial charge in [-0.25, -0.2) is 0 Å². The van der Waals surface area contributed by atoms with Crippen LogP contribution in [-0.2, 0) is 4.79 Å². The molecule has 0 atom stereocenters. The third-order valence-corrected chi connectivity index (χ3v) is 4.24. The van der Waals surface area contributed by atoms with E-state index in [0.29, 0.717) is 11.4 Å². The number of nitrogens with zero attached hydrogens (tertiary/aromatic N) is 4. The lowest BCUT2D eigenvalue weighted by molar-refractivity contribution is -0.576. The number of benzene rings is 1. The van der Waals surface area contributed by atoms with Gasteiger partial charge in [0.15, 0.2) is 19.0 Å². The van der Waals surface area contributed by atoms with Gasteiger partial charge in [-0.15, -0.1) is 0 Å². The highest BCUT2D eigenvalue weighted by molar-refractivity contribution is 6.22. The molecule has 0 aliphatic carbocycles. The Balaban J connectivity index is 2.06. The number of hydrogen-bond donors (Lipinski definition) is 1. The second-order valence-electron chi connectivity index (χ2n) is 6.40. The molecule has 1 aliphatic heterocycles. The quantitative estimate of drug-likeness (QED) is 0.210. The van der Waals surface area contributed by atoms with E-state index in [2.05, 4.69) is 5.32 Å². The predicted octanol–water partition coefficient (Wildman–Crippen LogP) is 1.78. The van der Waals surface area contributed by atoms with Gasteiger partial charge in [-0.2, -0.15) is 9.83 Å². The molecule has 0 radical (unpaired) electrons. The summed E-state index contributed by atoms with van der Waals surface area (Å²) >= 11 is 0. The lowest BCUT2D eigenvalue weighted by Crippen LogP contribution is -2.36. The van der Waals surface area contributed by atoms with Crippen LogP contribution < -0.4 is 19.5 Å². The number of amides is 1. The number of Topliss-reactive ketones (excluding diaryl/α,β-unsaturated/α-hetero) is 1. The molecule has 0 saturated carbocycles. The number of hydrogen-bond acceptors (Lipinski definition) is 5. The van der Waals surface area contributed by atoms with Gasteiger partial charge in [-0.05, 0) is 18.2 Å². The van der Waals surface area contributed by atoms with E-state index in [1.54, 1.807) is 53.2 Å². The zero-order valence-electron chi connectivity index (χ0n) is 15.8. The number of fused-ring (bicyclic) bond motifs is 1. The van der Waals surface area contributed by atoms with Gasteiger partial charge in [-0.3, -0.25) is 15.5 Å². The fraction of sp³-hybridized carbons (Fsp3) is 0.143. The monoisotopic (exact) mass is 387 g/mol. The first-order valence-electron chi connectivity index (χ1n) is 8.62. The molecule has 1 amide bonds. The number of anilines is 2.